The molecule has 9 nitrogen and oxygen atoms in total. The highest BCUT2D eigenvalue weighted by atomic mass is 32.2. The lowest BCUT2D eigenvalue weighted by Crippen LogP contribution is -2.30. The van der Waals surface area contributed by atoms with Gasteiger partial charge in [-0.05, 0) is 30.3 Å². The molecular formula is C22H28N4O5S. The number of aromatic nitrogens is 2. The summed E-state index contributed by atoms with van der Waals surface area (Å²) in [5.74, 6) is -0.0142. The molecule has 1 amide bonds. The molecule has 0 saturated heterocycles. The van der Waals surface area contributed by atoms with Crippen molar-refractivity contribution in [3.63, 3.8) is 0 Å². The van der Waals surface area contributed by atoms with Crippen molar-refractivity contribution >= 4 is 32.7 Å². The summed E-state index contributed by atoms with van der Waals surface area (Å²) in [7, 11) is -0.557. The van der Waals surface area contributed by atoms with Gasteiger partial charge in [-0.1, -0.05) is 26.0 Å². The van der Waals surface area contributed by atoms with E-state index in [1.165, 1.54) is 34.2 Å². The number of nitrogens with zero attached hydrogens (tertiary/aromatic N) is 3. The Hall–Kier alpha value is -3.11. The molecule has 32 heavy (non-hydrogen) atoms. The first-order valence-electron chi connectivity index (χ1n) is 10.4. The zero-order chi connectivity index (χ0) is 23.5. The molecule has 10 heteroatoms. The van der Waals surface area contributed by atoms with Crippen molar-refractivity contribution in [2.24, 2.45) is 7.05 Å². The largest absolute Gasteiger partial charge is 0.495 e. The third kappa shape index (κ3) is 4.42. The van der Waals surface area contributed by atoms with Crippen LogP contribution in [0, 0.1) is 0 Å². The Morgan fingerprint density at radius 2 is 1.75 bits per heavy atom. The number of carbonyl (C=O) groups is 1. The molecule has 0 bridgehead atoms. The van der Waals surface area contributed by atoms with Gasteiger partial charge in [0.1, 0.15) is 5.75 Å². The summed E-state index contributed by atoms with van der Waals surface area (Å²) < 4.78 is 35.4. The molecule has 1 aromatic heterocycles. The van der Waals surface area contributed by atoms with E-state index in [0.717, 1.165) is 11.0 Å². The van der Waals surface area contributed by atoms with Gasteiger partial charge in [-0.2, -0.15) is 4.31 Å². The fraction of sp³-hybridized carbons (Fsp3) is 0.364. The molecule has 1 heterocycles. The maximum atomic E-state index is 12.8. The van der Waals surface area contributed by atoms with E-state index in [1.807, 2.05) is 24.3 Å². The number of anilines is 1. The smallest absolute Gasteiger partial charge is 0.328 e. The maximum absolute atomic E-state index is 12.8. The van der Waals surface area contributed by atoms with Crippen molar-refractivity contribution in [3.8, 4) is 5.75 Å². The van der Waals surface area contributed by atoms with Crippen molar-refractivity contribution in [3.05, 3.63) is 52.9 Å². The zero-order valence-electron chi connectivity index (χ0n) is 18.7. The molecule has 0 spiro atoms. The molecule has 0 fully saturated rings. The number of imidazole rings is 1. The number of methoxy groups -OCH3 is 1. The van der Waals surface area contributed by atoms with Crippen LogP contribution in [-0.4, -0.2) is 48.0 Å². The summed E-state index contributed by atoms with van der Waals surface area (Å²) >= 11 is 0. The topological polar surface area (TPSA) is 103 Å². The van der Waals surface area contributed by atoms with Crippen LogP contribution < -0.4 is 15.7 Å². The van der Waals surface area contributed by atoms with Crippen LogP contribution in [-0.2, 0) is 28.4 Å². The lowest BCUT2D eigenvalue weighted by molar-refractivity contribution is -0.116. The number of nitrogens with one attached hydrogen (secondary N) is 1. The van der Waals surface area contributed by atoms with E-state index in [0.29, 0.717) is 18.8 Å². The molecule has 2 aromatic carbocycles. The quantitative estimate of drug-likeness (QED) is 0.528. The van der Waals surface area contributed by atoms with E-state index in [-0.39, 0.29) is 35.1 Å². The van der Waals surface area contributed by atoms with E-state index >= 15 is 0 Å². The van der Waals surface area contributed by atoms with Gasteiger partial charge in [0.2, 0.25) is 15.9 Å². The van der Waals surface area contributed by atoms with E-state index in [4.69, 9.17) is 4.74 Å². The van der Waals surface area contributed by atoms with Crippen molar-refractivity contribution < 1.29 is 17.9 Å². The molecular weight excluding hydrogens is 432 g/mol. The first-order chi connectivity index (χ1) is 15.2. The molecule has 0 atom stereocenters. The summed E-state index contributed by atoms with van der Waals surface area (Å²) in [6.07, 6.45) is 0.0318. The number of carbonyl (C=O) groups excluding carboxylic acids is 1. The van der Waals surface area contributed by atoms with Crippen molar-refractivity contribution in [1.82, 2.24) is 13.4 Å². The van der Waals surface area contributed by atoms with E-state index in [1.54, 1.807) is 25.5 Å². The van der Waals surface area contributed by atoms with Gasteiger partial charge in [0.25, 0.3) is 0 Å². The normalized spacial score (nSPS) is 11.8. The van der Waals surface area contributed by atoms with Crippen LogP contribution in [0.2, 0.25) is 0 Å². The van der Waals surface area contributed by atoms with Crippen LogP contribution in [0.5, 0.6) is 5.75 Å². The highest BCUT2D eigenvalue weighted by Crippen LogP contribution is 2.29. The van der Waals surface area contributed by atoms with Gasteiger partial charge in [0, 0.05) is 33.1 Å². The van der Waals surface area contributed by atoms with Crippen LogP contribution in [0.25, 0.3) is 11.0 Å². The molecule has 0 unspecified atom stereocenters. The van der Waals surface area contributed by atoms with Gasteiger partial charge in [-0.15, -0.1) is 0 Å². The van der Waals surface area contributed by atoms with Gasteiger partial charge in [0.15, 0.2) is 0 Å². The number of ether oxygens (including phenoxy) is 1. The second kappa shape index (κ2) is 9.58. The van der Waals surface area contributed by atoms with E-state index in [9.17, 15) is 18.0 Å². The number of rotatable bonds is 9. The van der Waals surface area contributed by atoms with Crippen LogP contribution in [0.15, 0.2) is 52.2 Å². The molecule has 3 rings (SSSR count). The second-order valence-electron chi connectivity index (χ2n) is 7.23. The molecule has 0 radical (unpaired) electrons. The SMILES string of the molecule is CCN(CC)S(=O)(=O)c1ccc(OC)c(NC(=O)CCn2c(=O)n(C)c3ccccc32)c1. The average Bonchev–Trinajstić information content (AvgIpc) is 3.03. The standard InChI is InChI=1S/C22H28N4O5S/c1-5-25(6-2)32(29,30)16-11-12-20(31-4)17(15-16)23-21(27)13-14-26-19-10-8-7-9-18(19)24(3)22(26)28/h7-12,15H,5-6,13-14H2,1-4H3,(H,23,27). The summed E-state index contributed by atoms with van der Waals surface area (Å²) in [6.45, 7) is 4.40. The lowest BCUT2D eigenvalue weighted by Gasteiger charge is -2.19. The molecule has 0 aliphatic rings. The van der Waals surface area contributed by atoms with Gasteiger partial charge in [-0.25, -0.2) is 13.2 Å². The van der Waals surface area contributed by atoms with Crippen LogP contribution in [0.1, 0.15) is 20.3 Å². The first kappa shape index (κ1) is 23.6. The Labute approximate surface area is 187 Å². The summed E-state index contributed by atoms with van der Waals surface area (Å²) in [6, 6.07) is 11.7. The number of fused-ring (bicyclic) bond motifs is 1. The number of hydrogen-bond acceptors (Lipinski definition) is 5. The van der Waals surface area contributed by atoms with Crippen LogP contribution in [0.4, 0.5) is 5.69 Å². The van der Waals surface area contributed by atoms with Crippen molar-refractivity contribution in [1.29, 1.82) is 0 Å². The fourth-order valence-electron chi connectivity index (χ4n) is 3.66. The van der Waals surface area contributed by atoms with Gasteiger partial charge >= 0.3 is 5.69 Å². The Balaban J connectivity index is 1.82. The number of sulfonamides is 1. The minimum absolute atomic E-state index is 0.0318. The number of aryl methyl sites for hydroxylation is 2. The Morgan fingerprint density at radius 3 is 2.38 bits per heavy atom. The molecule has 0 saturated carbocycles. The highest BCUT2D eigenvalue weighted by molar-refractivity contribution is 7.89. The molecule has 3 aromatic rings. The lowest BCUT2D eigenvalue weighted by atomic mass is 10.2. The van der Waals surface area contributed by atoms with Crippen molar-refractivity contribution in [2.75, 3.05) is 25.5 Å². The second-order valence-corrected chi connectivity index (χ2v) is 9.17. The minimum atomic E-state index is -3.69. The Morgan fingerprint density at radius 1 is 1.09 bits per heavy atom. The van der Waals surface area contributed by atoms with Gasteiger partial charge in [-0.3, -0.25) is 13.9 Å². The average molecular weight is 461 g/mol. The predicted molar refractivity (Wildman–Crippen MR) is 124 cm³/mol. The van der Waals surface area contributed by atoms with Gasteiger partial charge < -0.3 is 10.1 Å². The summed E-state index contributed by atoms with van der Waals surface area (Å²) in [5.41, 5.74) is 1.59. The number of hydrogen-bond donors (Lipinski definition) is 1. The predicted octanol–water partition coefficient (Wildman–Crippen LogP) is 2.41. The fourth-order valence-corrected chi connectivity index (χ4v) is 5.15. The number of amides is 1. The molecule has 0 aliphatic heterocycles. The van der Waals surface area contributed by atoms with Crippen LogP contribution in [0.3, 0.4) is 0 Å². The first-order valence-corrected chi connectivity index (χ1v) is 11.8. The van der Waals surface area contributed by atoms with Crippen LogP contribution >= 0.6 is 0 Å². The maximum Gasteiger partial charge on any atom is 0.328 e. The molecule has 0 aliphatic carbocycles. The Bertz CT molecular complexity index is 1290. The number of para-hydroxylation sites is 2. The third-order valence-corrected chi connectivity index (χ3v) is 7.45. The van der Waals surface area contributed by atoms with E-state index < -0.39 is 10.0 Å². The zero-order valence-corrected chi connectivity index (χ0v) is 19.5. The number of benzene rings is 2. The minimum Gasteiger partial charge on any atom is -0.495 e. The third-order valence-electron chi connectivity index (χ3n) is 5.40. The highest BCUT2D eigenvalue weighted by Gasteiger charge is 2.23. The monoisotopic (exact) mass is 460 g/mol. The Kier molecular flexibility index (Phi) is 7.05. The molecule has 1 N–H and O–H groups in total. The molecule has 172 valence electrons. The van der Waals surface area contributed by atoms with Crippen molar-refractivity contribution in [2.45, 2.75) is 31.7 Å². The summed E-state index contributed by atoms with van der Waals surface area (Å²) in [5, 5.41) is 2.72. The summed E-state index contributed by atoms with van der Waals surface area (Å²) in [4.78, 5) is 25.3. The van der Waals surface area contributed by atoms with E-state index in [2.05, 4.69) is 5.32 Å². The van der Waals surface area contributed by atoms with Gasteiger partial charge in [0.05, 0.1) is 28.7 Å².